The summed E-state index contributed by atoms with van der Waals surface area (Å²) in [5, 5.41) is 1.25. The molecule has 1 heterocycles. The second-order valence-corrected chi connectivity index (χ2v) is 6.45. The Hall–Kier alpha value is -3.28. The van der Waals surface area contributed by atoms with Crippen molar-refractivity contribution in [2.45, 2.75) is 33.3 Å². The lowest BCUT2D eigenvalue weighted by atomic mass is 10.1. The van der Waals surface area contributed by atoms with Crippen molar-refractivity contribution in [3.63, 3.8) is 0 Å². The molecule has 6 heteroatoms. The molecule has 0 unspecified atom stereocenters. The van der Waals surface area contributed by atoms with Crippen LogP contribution in [-0.4, -0.2) is 24.5 Å². The van der Waals surface area contributed by atoms with E-state index in [0.717, 1.165) is 6.42 Å². The summed E-state index contributed by atoms with van der Waals surface area (Å²) in [4.78, 5) is 25.0. The number of rotatable bonds is 7. The van der Waals surface area contributed by atoms with Gasteiger partial charge in [0, 0.05) is 0 Å². The zero-order valence-electron chi connectivity index (χ0n) is 16.3. The monoisotopic (exact) mass is 380 g/mol. The Bertz CT molecular complexity index is 893. The summed E-state index contributed by atoms with van der Waals surface area (Å²) in [6.07, 6.45) is 2.50. The molecule has 3 rings (SSSR count). The quantitative estimate of drug-likeness (QED) is 0.587. The van der Waals surface area contributed by atoms with Crippen LogP contribution in [0, 0.1) is 0 Å². The molecule has 0 radical (unpaired) electrons. The maximum atomic E-state index is 12.7. The second-order valence-electron chi connectivity index (χ2n) is 6.45. The van der Waals surface area contributed by atoms with Gasteiger partial charge in [0.2, 0.25) is 0 Å². The summed E-state index contributed by atoms with van der Waals surface area (Å²) in [5.41, 5.74) is 3.96. The first-order chi connectivity index (χ1) is 13.5. The van der Waals surface area contributed by atoms with Crippen LogP contribution in [0.4, 0.5) is 5.69 Å². The topological polar surface area (TPSA) is 67.9 Å². The van der Waals surface area contributed by atoms with Gasteiger partial charge < -0.3 is 9.47 Å². The van der Waals surface area contributed by atoms with Gasteiger partial charge in [0.25, 0.3) is 11.8 Å². The minimum Gasteiger partial charge on any atom is -0.490 e. The van der Waals surface area contributed by atoms with Gasteiger partial charge in [0.15, 0.2) is 11.5 Å². The third kappa shape index (κ3) is 4.17. The molecule has 1 atom stereocenters. The predicted molar refractivity (Wildman–Crippen MR) is 108 cm³/mol. The molecule has 1 aliphatic rings. The molecule has 1 fully saturated rings. The molecule has 0 aliphatic carbocycles. The third-order valence-corrected chi connectivity index (χ3v) is 4.39. The van der Waals surface area contributed by atoms with E-state index in [0.29, 0.717) is 29.4 Å². The van der Waals surface area contributed by atoms with Gasteiger partial charge in [-0.2, -0.15) is 0 Å². The highest BCUT2D eigenvalue weighted by Gasteiger charge is 2.34. The summed E-state index contributed by atoms with van der Waals surface area (Å²) >= 11 is 0. The van der Waals surface area contributed by atoms with Crippen molar-refractivity contribution in [3.05, 3.63) is 59.7 Å². The number of ether oxygens (including phenoxy) is 2. The smallest absolute Gasteiger partial charge is 0.282 e. The van der Waals surface area contributed by atoms with Crippen LogP contribution in [0.3, 0.4) is 0 Å². The van der Waals surface area contributed by atoms with Crippen LogP contribution in [0.25, 0.3) is 6.08 Å². The summed E-state index contributed by atoms with van der Waals surface area (Å²) in [6, 6.07) is 14.4. The molecule has 28 heavy (non-hydrogen) atoms. The maximum absolute atomic E-state index is 12.7. The SMILES string of the molecule is CCOc1cc(/C=C2/C(=O)NN(c3ccccc3)C2=O)ccc1O[C@H](C)CC. The van der Waals surface area contributed by atoms with Crippen molar-refractivity contribution >= 4 is 23.6 Å². The van der Waals surface area contributed by atoms with Crippen LogP contribution >= 0.6 is 0 Å². The maximum Gasteiger partial charge on any atom is 0.282 e. The Kier molecular flexibility index (Phi) is 5.99. The number of nitrogens with one attached hydrogen (secondary N) is 1. The number of nitrogens with zero attached hydrogens (tertiary/aromatic N) is 1. The van der Waals surface area contributed by atoms with Crippen LogP contribution in [0.2, 0.25) is 0 Å². The van der Waals surface area contributed by atoms with Crippen LogP contribution in [0.15, 0.2) is 54.1 Å². The lowest BCUT2D eigenvalue weighted by molar-refractivity contribution is -0.117. The summed E-state index contributed by atoms with van der Waals surface area (Å²) < 4.78 is 11.6. The van der Waals surface area contributed by atoms with Gasteiger partial charge in [-0.25, -0.2) is 5.01 Å². The van der Waals surface area contributed by atoms with Crippen molar-refractivity contribution in [3.8, 4) is 11.5 Å². The molecule has 1 aliphatic heterocycles. The van der Waals surface area contributed by atoms with E-state index in [4.69, 9.17) is 9.47 Å². The molecule has 1 N–H and O–H groups in total. The molecule has 0 aromatic heterocycles. The molecule has 1 saturated heterocycles. The number of anilines is 1. The van der Waals surface area contributed by atoms with E-state index in [1.54, 1.807) is 48.5 Å². The van der Waals surface area contributed by atoms with Gasteiger partial charge in [-0.3, -0.25) is 15.0 Å². The van der Waals surface area contributed by atoms with E-state index in [9.17, 15) is 9.59 Å². The Balaban J connectivity index is 1.89. The number of hydrazine groups is 1. The van der Waals surface area contributed by atoms with E-state index in [2.05, 4.69) is 5.43 Å². The summed E-state index contributed by atoms with van der Waals surface area (Å²) in [6.45, 7) is 6.42. The van der Waals surface area contributed by atoms with Gasteiger partial charge in [-0.15, -0.1) is 0 Å². The standard InChI is InChI=1S/C22H24N2O4/c1-4-15(3)28-19-12-11-16(14-20(19)27-5-2)13-18-21(25)23-24(22(18)26)17-9-7-6-8-10-17/h6-15H,4-5H2,1-3H3,(H,23,25)/b18-13-/t15-/m1/s1. The van der Waals surface area contributed by atoms with Crippen LogP contribution in [-0.2, 0) is 9.59 Å². The second kappa shape index (κ2) is 8.61. The number of benzene rings is 2. The van der Waals surface area contributed by atoms with Gasteiger partial charge in [-0.05, 0) is 56.2 Å². The van der Waals surface area contributed by atoms with E-state index in [1.165, 1.54) is 5.01 Å². The number of hydrogen-bond acceptors (Lipinski definition) is 4. The Morgan fingerprint density at radius 3 is 2.50 bits per heavy atom. The van der Waals surface area contributed by atoms with Crippen LogP contribution in [0.5, 0.6) is 11.5 Å². The number of carbonyl (C=O) groups excluding carboxylic acids is 2. The van der Waals surface area contributed by atoms with Crippen molar-refractivity contribution in [2.24, 2.45) is 0 Å². The lowest BCUT2D eigenvalue weighted by Crippen LogP contribution is -2.35. The van der Waals surface area contributed by atoms with E-state index >= 15 is 0 Å². The largest absolute Gasteiger partial charge is 0.490 e. The fourth-order valence-electron chi connectivity index (χ4n) is 2.76. The van der Waals surface area contributed by atoms with Crippen molar-refractivity contribution in [2.75, 3.05) is 11.6 Å². The van der Waals surface area contributed by atoms with Crippen LogP contribution in [0.1, 0.15) is 32.8 Å². The minimum atomic E-state index is -0.438. The zero-order chi connectivity index (χ0) is 20.1. The molecular formula is C22H24N2O4. The number of para-hydroxylation sites is 1. The fraction of sp³-hybridized carbons (Fsp3) is 0.273. The Morgan fingerprint density at radius 2 is 1.82 bits per heavy atom. The van der Waals surface area contributed by atoms with Gasteiger partial charge >= 0.3 is 0 Å². The first-order valence-electron chi connectivity index (χ1n) is 9.39. The molecule has 0 bridgehead atoms. The van der Waals surface area contributed by atoms with Crippen molar-refractivity contribution in [1.82, 2.24) is 5.43 Å². The average molecular weight is 380 g/mol. The van der Waals surface area contributed by atoms with Crippen LogP contribution < -0.4 is 19.9 Å². The first-order valence-corrected chi connectivity index (χ1v) is 9.39. The fourth-order valence-corrected chi connectivity index (χ4v) is 2.76. The third-order valence-electron chi connectivity index (χ3n) is 4.39. The van der Waals surface area contributed by atoms with E-state index < -0.39 is 11.8 Å². The first kappa shape index (κ1) is 19.5. The average Bonchev–Trinajstić information content (AvgIpc) is 2.99. The molecule has 0 spiro atoms. The van der Waals surface area contributed by atoms with Gasteiger partial charge in [-0.1, -0.05) is 31.2 Å². The molecule has 2 aromatic carbocycles. The molecule has 0 saturated carbocycles. The molecular weight excluding hydrogens is 356 g/mol. The van der Waals surface area contributed by atoms with Gasteiger partial charge in [0.1, 0.15) is 5.57 Å². The van der Waals surface area contributed by atoms with E-state index in [-0.39, 0.29) is 11.7 Å². The predicted octanol–water partition coefficient (Wildman–Crippen LogP) is 3.72. The Labute approximate surface area is 164 Å². The Morgan fingerprint density at radius 1 is 1.07 bits per heavy atom. The van der Waals surface area contributed by atoms with Crippen molar-refractivity contribution < 1.29 is 19.1 Å². The normalized spacial score (nSPS) is 16.2. The summed E-state index contributed by atoms with van der Waals surface area (Å²) in [7, 11) is 0. The summed E-state index contributed by atoms with van der Waals surface area (Å²) in [5.74, 6) is 0.398. The molecule has 6 nitrogen and oxygen atoms in total. The molecule has 2 aromatic rings. The number of hydrogen-bond donors (Lipinski definition) is 1. The molecule has 2 amide bonds. The highest BCUT2D eigenvalue weighted by molar-refractivity contribution is 6.31. The van der Waals surface area contributed by atoms with Crippen molar-refractivity contribution in [1.29, 1.82) is 0 Å². The molecule has 146 valence electrons. The van der Waals surface area contributed by atoms with Gasteiger partial charge in [0.05, 0.1) is 18.4 Å². The highest BCUT2D eigenvalue weighted by atomic mass is 16.5. The van der Waals surface area contributed by atoms with E-state index in [1.807, 2.05) is 26.8 Å². The number of amides is 2. The zero-order valence-corrected chi connectivity index (χ0v) is 16.3. The lowest BCUT2D eigenvalue weighted by Gasteiger charge is -2.16. The number of carbonyl (C=O) groups is 2. The minimum absolute atomic E-state index is 0.0602. The highest BCUT2D eigenvalue weighted by Crippen LogP contribution is 2.31.